The molecule has 2 fully saturated rings. The van der Waals surface area contributed by atoms with Gasteiger partial charge in [0.1, 0.15) is 0 Å². The van der Waals surface area contributed by atoms with Crippen LogP contribution in [0.1, 0.15) is 19.3 Å². The average molecular weight is 241 g/mol. The highest BCUT2D eigenvalue weighted by Crippen LogP contribution is 2.39. The van der Waals surface area contributed by atoms with Crippen LogP contribution in [0, 0.1) is 17.8 Å². The van der Waals surface area contributed by atoms with Crippen LogP contribution < -0.4 is 0 Å². The first-order valence-corrected chi connectivity index (χ1v) is 6.15. The maximum Gasteiger partial charge on any atom is 0.307 e. The van der Waals surface area contributed by atoms with E-state index >= 15 is 0 Å². The summed E-state index contributed by atoms with van der Waals surface area (Å²) in [6.45, 7) is 1.89. The number of hydrogen-bond acceptors (Lipinski definition) is 3. The zero-order valence-electron chi connectivity index (χ0n) is 10.1. The van der Waals surface area contributed by atoms with Gasteiger partial charge in [-0.2, -0.15) is 0 Å². The summed E-state index contributed by atoms with van der Waals surface area (Å²) >= 11 is 0. The first-order valence-electron chi connectivity index (χ1n) is 6.15. The molecule has 0 unspecified atom stereocenters. The van der Waals surface area contributed by atoms with Crippen molar-refractivity contribution in [3.63, 3.8) is 0 Å². The van der Waals surface area contributed by atoms with Crippen molar-refractivity contribution in [3.8, 4) is 0 Å². The average Bonchev–Trinajstić information content (AvgIpc) is 3.15. The topological polar surface area (TPSA) is 66.8 Å². The van der Waals surface area contributed by atoms with Gasteiger partial charge in [-0.05, 0) is 25.2 Å². The lowest BCUT2D eigenvalue weighted by Crippen LogP contribution is -2.32. The van der Waals surface area contributed by atoms with Crippen LogP contribution in [0.2, 0.25) is 0 Å². The Labute approximate surface area is 101 Å². The fourth-order valence-corrected chi connectivity index (χ4v) is 1.87. The third kappa shape index (κ3) is 3.43. The SMILES string of the molecule is CN(CCOCC1CC1)C(=O)[C@H]1C[C@@H]1C(=O)O. The van der Waals surface area contributed by atoms with Crippen molar-refractivity contribution in [1.82, 2.24) is 4.90 Å². The highest BCUT2D eigenvalue weighted by atomic mass is 16.5. The summed E-state index contributed by atoms with van der Waals surface area (Å²) in [5.41, 5.74) is 0. The Hall–Kier alpha value is -1.10. The molecule has 5 heteroatoms. The molecule has 0 aromatic heterocycles. The van der Waals surface area contributed by atoms with Crippen molar-refractivity contribution in [2.24, 2.45) is 17.8 Å². The van der Waals surface area contributed by atoms with Crippen molar-refractivity contribution in [2.75, 3.05) is 26.8 Å². The summed E-state index contributed by atoms with van der Waals surface area (Å²) in [7, 11) is 1.71. The molecule has 0 spiro atoms. The fourth-order valence-electron chi connectivity index (χ4n) is 1.87. The number of likely N-dealkylation sites (N-methyl/N-ethyl adjacent to an activating group) is 1. The number of ether oxygens (including phenoxy) is 1. The molecule has 0 saturated heterocycles. The summed E-state index contributed by atoms with van der Waals surface area (Å²) in [5.74, 6) is -0.955. The molecule has 17 heavy (non-hydrogen) atoms. The van der Waals surface area contributed by atoms with E-state index in [1.54, 1.807) is 11.9 Å². The maximum absolute atomic E-state index is 11.8. The smallest absolute Gasteiger partial charge is 0.307 e. The van der Waals surface area contributed by atoms with Crippen LogP contribution in [0.15, 0.2) is 0 Å². The van der Waals surface area contributed by atoms with Crippen molar-refractivity contribution in [2.45, 2.75) is 19.3 Å². The van der Waals surface area contributed by atoms with E-state index in [0.717, 1.165) is 12.5 Å². The summed E-state index contributed by atoms with van der Waals surface area (Å²) < 4.78 is 5.44. The first kappa shape index (κ1) is 12.4. The second-order valence-corrected chi connectivity index (χ2v) is 5.07. The molecular formula is C12H19NO4. The number of hydrogen-bond donors (Lipinski definition) is 1. The quantitative estimate of drug-likeness (QED) is 0.662. The molecule has 2 rings (SSSR count). The Balaban J connectivity index is 1.60. The number of carbonyl (C=O) groups excluding carboxylic acids is 1. The largest absolute Gasteiger partial charge is 0.481 e. The van der Waals surface area contributed by atoms with E-state index in [2.05, 4.69) is 0 Å². The molecule has 0 aromatic carbocycles. The van der Waals surface area contributed by atoms with Crippen LogP contribution in [0.25, 0.3) is 0 Å². The van der Waals surface area contributed by atoms with Gasteiger partial charge in [-0.1, -0.05) is 0 Å². The summed E-state index contributed by atoms with van der Waals surface area (Å²) in [4.78, 5) is 24.0. The van der Waals surface area contributed by atoms with Crippen molar-refractivity contribution < 1.29 is 19.4 Å². The van der Waals surface area contributed by atoms with Gasteiger partial charge in [0.05, 0.1) is 18.4 Å². The number of carbonyl (C=O) groups is 2. The Kier molecular flexibility index (Phi) is 3.66. The van der Waals surface area contributed by atoms with Gasteiger partial charge in [0.2, 0.25) is 5.91 Å². The van der Waals surface area contributed by atoms with Crippen LogP contribution in [0.5, 0.6) is 0 Å². The van der Waals surface area contributed by atoms with Gasteiger partial charge >= 0.3 is 5.97 Å². The van der Waals surface area contributed by atoms with Crippen LogP contribution >= 0.6 is 0 Å². The molecule has 0 aromatic rings. The molecule has 0 aliphatic heterocycles. The predicted octanol–water partition coefficient (Wildman–Crippen LogP) is 0.592. The van der Waals surface area contributed by atoms with Crippen LogP contribution in [0.4, 0.5) is 0 Å². The Morgan fingerprint density at radius 2 is 2.06 bits per heavy atom. The molecule has 0 bridgehead atoms. The Bertz CT molecular complexity index is 314. The zero-order valence-corrected chi connectivity index (χ0v) is 10.1. The highest BCUT2D eigenvalue weighted by Gasteiger charge is 2.49. The van der Waals surface area contributed by atoms with Crippen molar-refractivity contribution >= 4 is 11.9 Å². The number of amides is 1. The van der Waals surface area contributed by atoms with Gasteiger partial charge in [0.25, 0.3) is 0 Å². The standard InChI is InChI=1S/C12H19NO4/c1-13(4-5-17-7-8-2-3-8)11(14)9-6-10(9)12(15)16/h8-10H,2-7H2,1H3,(H,15,16)/t9-,10-/m0/s1. The van der Waals surface area contributed by atoms with E-state index in [0.29, 0.717) is 19.6 Å². The van der Waals surface area contributed by atoms with Crippen LogP contribution in [-0.4, -0.2) is 48.7 Å². The van der Waals surface area contributed by atoms with Gasteiger partial charge < -0.3 is 14.7 Å². The van der Waals surface area contributed by atoms with E-state index < -0.39 is 11.9 Å². The molecule has 5 nitrogen and oxygen atoms in total. The minimum Gasteiger partial charge on any atom is -0.481 e. The summed E-state index contributed by atoms with van der Waals surface area (Å²) in [5, 5.41) is 8.74. The maximum atomic E-state index is 11.8. The van der Waals surface area contributed by atoms with Gasteiger partial charge in [-0.3, -0.25) is 9.59 Å². The third-order valence-corrected chi connectivity index (χ3v) is 3.42. The Morgan fingerprint density at radius 3 is 2.59 bits per heavy atom. The molecule has 0 heterocycles. The number of carboxylic acid groups (broad SMARTS) is 1. The minimum atomic E-state index is -0.860. The van der Waals surface area contributed by atoms with E-state index in [4.69, 9.17) is 9.84 Å². The number of rotatable bonds is 7. The fraction of sp³-hybridized carbons (Fsp3) is 0.833. The van der Waals surface area contributed by atoms with E-state index in [1.165, 1.54) is 12.8 Å². The van der Waals surface area contributed by atoms with Gasteiger partial charge in [0.15, 0.2) is 0 Å². The lowest BCUT2D eigenvalue weighted by atomic mass is 10.3. The summed E-state index contributed by atoms with van der Waals surface area (Å²) in [6.07, 6.45) is 3.01. The zero-order chi connectivity index (χ0) is 12.4. The molecule has 2 atom stereocenters. The lowest BCUT2D eigenvalue weighted by Gasteiger charge is -2.16. The molecule has 2 saturated carbocycles. The highest BCUT2D eigenvalue weighted by molar-refractivity contribution is 5.89. The Morgan fingerprint density at radius 1 is 1.35 bits per heavy atom. The van der Waals surface area contributed by atoms with Crippen LogP contribution in [-0.2, 0) is 14.3 Å². The molecule has 2 aliphatic carbocycles. The second kappa shape index (κ2) is 5.04. The predicted molar refractivity (Wildman–Crippen MR) is 60.4 cm³/mol. The number of carboxylic acids is 1. The molecule has 2 aliphatic rings. The normalized spacial score (nSPS) is 26.6. The monoisotopic (exact) mass is 241 g/mol. The summed E-state index contributed by atoms with van der Waals surface area (Å²) in [6, 6.07) is 0. The number of aliphatic carboxylic acids is 1. The van der Waals surface area contributed by atoms with Gasteiger partial charge in [-0.25, -0.2) is 0 Å². The van der Waals surface area contributed by atoms with E-state index in [1.807, 2.05) is 0 Å². The van der Waals surface area contributed by atoms with Crippen LogP contribution in [0.3, 0.4) is 0 Å². The van der Waals surface area contributed by atoms with Crippen molar-refractivity contribution in [1.29, 1.82) is 0 Å². The third-order valence-electron chi connectivity index (χ3n) is 3.42. The first-order chi connectivity index (χ1) is 8.09. The molecular weight excluding hydrogens is 222 g/mol. The van der Waals surface area contributed by atoms with E-state index in [-0.39, 0.29) is 11.8 Å². The van der Waals surface area contributed by atoms with E-state index in [9.17, 15) is 9.59 Å². The van der Waals surface area contributed by atoms with Gasteiger partial charge in [0, 0.05) is 20.2 Å². The second-order valence-electron chi connectivity index (χ2n) is 5.07. The minimum absolute atomic E-state index is 0.0626. The number of nitrogens with zero attached hydrogens (tertiary/aromatic N) is 1. The molecule has 0 radical (unpaired) electrons. The molecule has 1 N–H and O–H groups in total. The van der Waals surface area contributed by atoms with Gasteiger partial charge in [-0.15, -0.1) is 0 Å². The molecule has 1 amide bonds. The van der Waals surface area contributed by atoms with Crippen molar-refractivity contribution in [3.05, 3.63) is 0 Å². The lowest BCUT2D eigenvalue weighted by molar-refractivity contribution is -0.141. The molecule has 96 valence electrons.